The Morgan fingerprint density at radius 1 is 1.44 bits per heavy atom. The van der Waals surface area contributed by atoms with Gasteiger partial charge in [0.15, 0.2) is 5.96 Å². The van der Waals surface area contributed by atoms with E-state index in [9.17, 15) is 0 Å². The van der Waals surface area contributed by atoms with Crippen LogP contribution in [0.2, 0.25) is 0 Å². The second kappa shape index (κ2) is 4.84. The van der Waals surface area contributed by atoms with Gasteiger partial charge in [-0.2, -0.15) is 0 Å². The molecule has 84 valence electrons. The molecule has 1 N–H and O–H groups in total. The van der Waals surface area contributed by atoms with Gasteiger partial charge in [0, 0.05) is 20.1 Å². The first kappa shape index (κ1) is 10.7. The van der Waals surface area contributed by atoms with Crippen molar-refractivity contribution in [3.63, 3.8) is 0 Å². The van der Waals surface area contributed by atoms with Gasteiger partial charge < -0.3 is 10.2 Å². The Morgan fingerprint density at radius 2 is 2.19 bits per heavy atom. The number of likely N-dealkylation sites (N-methyl/N-ethyl adjacent to an activating group) is 1. The average Bonchev–Trinajstić information content (AvgIpc) is 2.73. The molecule has 0 unspecified atom stereocenters. The summed E-state index contributed by atoms with van der Waals surface area (Å²) in [6, 6.07) is 10.2. The Morgan fingerprint density at radius 3 is 2.81 bits per heavy atom. The number of hydrogen-bond acceptors (Lipinski definition) is 3. The summed E-state index contributed by atoms with van der Waals surface area (Å²) < 4.78 is 0. The quantitative estimate of drug-likeness (QED) is 0.829. The van der Waals surface area contributed by atoms with Crippen LogP contribution >= 0.6 is 0 Å². The summed E-state index contributed by atoms with van der Waals surface area (Å²) >= 11 is 0. The highest BCUT2D eigenvalue weighted by Crippen LogP contribution is 2.10. The summed E-state index contributed by atoms with van der Waals surface area (Å²) in [6.07, 6.45) is 0. The zero-order valence-corrected chi connectivity index (χ0v) is 9.61. The highest BCUT2D eigenvalue weighted by Gasteiger charge is 2.11. The van der Waals surface area contributed by atoms with E-state index in [4.69, 9.17) is 0 Å². The number of hydrogen-bond donors (Lipinski definition) is 1. The fourth-order valence-electron chi connectivity index (χ4n) is 1.69. The minimum absolute atomic E-state index is 0.743. The average molecular weight is 215 g/mol. The van der Waals surface area contributed by atoms with E-state index in [-0.39, 0.29) is 0 Å². The summed E-state index contributed by atoms with van der Waals surface area (Å²) in [4.78, 5) is 6.50. The van der Waals surface area contributed by atoms with Gasteiger partial charge in [0.05, 0.1) is 6.54 Å². The maximum Gasteiger partial charge on any atom is 0.194 e. The zero-order chi connectivity index (χ0) is 11.4. The first-order valence-corrected chi connectivity index (χ1v) is 5.50. The summed E-state index contributed by atoms with van der Waals surface area (Å²) in [5, 5.41) is 3.31. The largest absolute Gasteiger partial charge is 0.352 e. The molecule has 0 aliphatic carbocycles. The van der Waals surface area contributed by atoms with Gasteiger partial charge in [0.25, 0.3) is 0 Å². The molecule has 2 rings (SSSR count). The van der Waals surface area contributed by atoms with Crippen LogP contribution in [0.3, 0.4) is 0 Å². The molecule has 1 heterocycles. The second-order valence-corrected chi connectivity index (χ2v) is 3.95. The monoisotopic (exact) mass is 215 g/mol. The van der Waals surface area contributed by atoms with Crippen LogP contribution in [0.5, 0.6) is 0 Å². The van der Waals surface area contributed by atoms with Crippen LogP contribution in [0.25, 0.3) is 5.57 Å². The van der Waals surface area contributed by atoms with Gasteiger partial charge >= 0.3 is 0 Å². The van der Waals surface area contributed by atoms with Gasteiger partial charge in [0.2, 0.25) is 0 Å². The lowest BCUT2D eigenvalue weighted by Crippen LogP contribution is -2.36. The summed E-state index contributed by atoms with van der Waals surface area (Å²) in [6.45, 7) is 6.70. The lowest BCUT2D eigenvalue weighted by atomic mass is 10.1. The fourth-order valence-corrected chi connectivity index (χ4v) is 1.69. The Hall–Kier alpha value is -1.77. The number of benzene rings is 1. The van der Waals surface area contributed by atoms with Gasteiger partial charge in [-0.3, -0.25) is 4.99 Å². The third kappa shape index (κ3) is 2.42. The molecule has 1 aliphatic heterocycles. The third-order valence-corrected chi connectivity index (χ3v) is 2.70. The molecule has 0 bridgehead atoms. The lowest BCUT2D eigenvalue weighted by molar-refractivity contribution is 0.538. The smallest absolute Gasteiger partial charge is 0.194 e. The summed E-state index contributed by atoms with van der Waals surface area (Å²) in [5.41, 5.74) is 2.26. The van der Waals surface area contributed by atoms with Crippen LogP contribution in [0.1, 0.15) is 5.56 Å². The van der Waals surface area contributed by atoms with Crippen LogP contribution in [0.15, 0.2) is 41.9 Å². The van der Waals surface area contributed by atoms with Gasteiger partial charge in [0.1, 0.15) is 0 Å². The van der Waals surface area contributed by atoms with E-state index in [1.54, 1.807) is 0 Å². The third-order valence-electron chi connectivity index (χ3n) is 2.70. The van der Waals surface area contributed by atoms with E-state index < -0.39 is 0 Å². The van der Waals surface area contributed by atoms with Crippen molar-refractivity contribution < 1.29 is 0 Å². The van der Waals surface area contributed by atoms with E-state index in [0.29, 0.717) is 0 Å². The highest BCUT2D eigenvalue weighted by atomic mass is 15.3. The van der Waals surface area contributed by atoms with E-state index in [0.717, 1.165) is 31.2 Å². The number of guanidine groups is 1. The summed E-state index contributed by atoms with van der Waals surface area (Å²) in [7, 11) is 2.05. The predicted octanol–water partition coefficient (Wildman–Crippen LogP) is 1.59. The Balaban J connectivity index is 1.89. The van der Waals surface area contributed by atoms with Crippen molar-refractivity contribution in [2.75, 3.05) is 26.7 Å². The first-order valence-electron chi connectivity index (χ1n) is 5.50. The number of nitrogens with one attached hydrogen (secondary N) is 1. The van der Waals surface area contributed by atoms with Crippen molar-refractivity contribution in [3.8, 4) is 0 Å². The van der Waals surface area contributed by atoms with Crippen molar-refractivity contribution in [1.82, 2.24) is 10.2 Å². The van der Waals surface area contributed by atoms with Crippen LogP contribution in [-0.4, -0.2) is 37.5 Å². The maximum atomic E-state index is 4.37. The molecule has 0 saturated carbocycles. The molecule has 0 spiro atoms. The van der Waals surface area contributed by atoms with Crippen molar-refractivity contribution in [1.29, 1.82) is 0 Å². The normalized spacial score (nSPS) is 14.8. The standard InChI is InChI=1S/C13H17N3/c1-11(12-6-4-3-5-7-12)10-15-13-14-8-9-16(13)2/h3-7H,1,8-10H2,2H3,(H,14,15). The van der Waals surface area contributed by atoms with E-state index in [1.165, 1.54) is 5.56 Å². The molecule has 16 heavy (non-hydrogen) atoms. The molecule has 1 aromatic carbocycles. The maximum absolute atomic E-state index is 4.37. The van der Waals surface area contributed by atoms with Crippen molar-refractivity contribution >= 4 is 11.5 Å². The van der Waals surface area contributed by atoms with E-state index >= 15 is 0 Å². The molecule has 0 atom stereocenters. The zero-order valence-electron chi connectivity index (χ0n) is 9.61. The molecule has 0 fully saturated rings. The molecule has 0 amide bonds. The van der Waals surface area contributed by atoms with Crippen molar-refractivity contribution in [3.05, 3.63) is 42.5 Å². The van der Waals surface area contributed by atoms with Crippen LogP contribution < -0.4 is 5.32 Å². The highest BCUT2D eigenvalue weighted by molar-refractivity contribution is 5.83. The number of rotatable bonds is 3. The molecule has 1 aromatic rings. The van der Waals surface area contributed by atoms with Crippen molar-refractivity contribution in [2.24, 2.45) is 4.99 Å². The van der Waals surface area contributed by atoms with Crippen LogP contribution in [0, 0.1) is 0 Å². The Labute approximate surface area is 96.5 Å². The van der Waals surface area contributed by atoms with Crippen molar-refractivity contribution in [2.45, 2.75) is 0 Å². The van der Waals surface area contributed by atoms with Gasteiger partial charge in [-0.25, -0.2) is 0 Å². The minimum atomic E-state index is 0.743. The Bertz CT molecular complexity index is 395. The first-order chi connectivity index (χ1) is 7.77. The fraction of sp³-hybridized carbons (Fsp3) is 0.308. The number of aliphatic imine (C=N–C) groups is 1. The molecule has 3 nitrogen and oxygen atoms in total. The topological polar surface area (TPSA) is 27.6 Å². The van der Waals surface area contributed by atoms with Gasteiger partial charge in [-0.15, -0.1) is 0 Å². The molecular weight excluding hydrogens is 198 g/mol. The lowest BCUT2D eigenvalue weighted by Gasteiger charge is -2.16. The molecule has 0 saturated heterocycles. The van der Waals surface area contributed by atoms with E-state index in [2.05, 4.69) is 33.9 Å². The van der Waals surface area contributed by atoms with Crippen LogP contribution in [0.4, 0.5) is 0 Å². The SMILES string of the molecule is C=C(CNC1=NCCN1C)c1ccccc1. The van der Waals surface area contributed by atoms with Crippen LogP contribution in [-0.2, 0) is 0 Å². The molecule has 0 aromatic heterocycles. The number of nitrogens with zero attached hydrogens (tertiary/aromatic N) is 2. The molecule has 3 heteroatoms. The molecule has 0 radical (unpaired) electrons. The van der Waals surface area contributed by atoms with Gasteiger partial charge in [-0.1, -0.05) is 36.9 Å². The van der Waals surface area contributed by atoms with Gasteiger partial charge in [-0.05, 0) is 11.1 Å². The second-order valence-electron chi connectivity index (χ2n) is 3.95. The minimum Gasteiger partial charge on any atom is -0.352 e. The Kier molecular flexibility index (Phi) is 3.25. The summed E-state index contributed by atoms with van der Waals surface area (Å²) in [5.74, 6) is 0.970. The predicted molar refractivity (Wildman–Crippen MR) is 68.4 cm³/mol. The van der Waals surface area contributed by atoms with E-state index in [1.807, 2.05) is 25.2 Å². The molecule has 1 aliphatic rings. The molecular formula is C13H17N3.